The van der Waals surface area contributed by atoms with Gasteiger partial charge in [-0.3, -0.25) is 9.59 Å². The summed E-state index contributed by atoms with van der Waals surface area (Å²) >= 11 is 3.54. The molecule has 0 aliphatic rings. The lowest BCUT2D eigenvalue weighted by Gasteiger charge is -2.09. The van der Waals surface area contributed by atoms with Crippen molar-refractivity contribution in [2.75, 3.05) is 11.1 Å². The molecule has 3 rings (SSSR count). The minimum Gasteiger partial charge on any atom is -0.349 e. The van der Waals surface area contributed by atoms with Crippen LogP contribution in [-0.4, -0.2) is 32.3 Å². The molecule has 2 N–H and O–H groups in total. The molecule has 0 unspecified atom stereocenters. The Morgan fingerprint density at radius 3 is 2.47 bits per heavy atom. The minimum absolute atomic E-state index is 0.0713. The van der Waals surface area contributed by atoms with Crippen LogP contribution < -0.4 is 10.6 Å². The van der Waals surface area contributed by atoms with Gasteiger partial charge in [0.05, 0.1) is 18.7 Å². The Morgan fingerprint density at radius 2 is 1.77 bits per heavy atom. The average molecular weight is 535 g/mol. The van der Waals surface area contributed by atoms with E-state index in [0.29, 0.717) is 30.5 Å². The summed E-state index contributed by atoms with van der Waals surface area (Å²) in [4.78, 5) is 24.4. The minimum atomic E-state index is -0.107. The molecule has 0 saturated heterocycles. The van der Waals surface area contributed by atoms with Crippen LogP contribution in [0.25, 0.3) is 0 Å². The maximum atomic E-state index is 12.2. The highest BCUT2D eigenvalue weighted by atomic mass is 127. The van der Waals surface area contributed by atoms with Gasteiger partial charge in [0.25, 0.3) is 0 Å². The zero-order valence-corrected chi connectivity index (χ0v) is 19.4. The molecule has 1 heterocycles. The maximum Gasteiger partial charge on any atom is 0.234 e. The van der Waals surface area contributed by atoms with E-state index >= 15 is 0 Å². The van der Waals surface area contributed by atoms with E-state index in [2.05, 4.69) is 43.4 Å². The van der Waals surface area contributed by atoms with Gasteiger partial charge in [-0.2, -0.15) is 0 Å². The van der Waals surface area contributed by atoms with Crippen molar-refractivity contribution in [3.05, 3.63) is 69.6 Å². The van der Waals surface area contributed by atoms with Gasteiger partial charge in [0.2, 0.25) is 11.8 Å². The molecule has 1 aromatic heterocycles. The van der Waals surface area contributed by atoms with Crippen LogP contribution in [0.2, 0.25) is 0 Å². The van der Waals surface area contributed by atoms with Crippen LogP contribution in [0.15, 0.2) is 59.8 Å². The number of hydrogen-bond acceptors (Lipinski definition) is 5. The molecule has 9 heteroatoms. The monoisotopic (exact) mass is 535 g/mol. The number of benzene rings is 2. The Labute approximate surface area is 193 Å². The van der Waals surface area contributed by atoms with Gasteiger partial charge in [-0.25, -0.2) is 0 Å². The molecule has 7 nitrogen and oxygen atoms in total. The molecule has 3 aromatic rings. The first kappa shape index (κ1) is 22.3. The third kappa shape index (κ3) is 6.56. The first-order valence-electron chi connectivity index (χ1n) is 9.46. The van der Waals surface area contributed by atoms with Crippen molar-refractivity contribution in [3.8, 4) is 0 Å². The van der Waals surface area contributed by atoms with E-state index in [1.165, 1.54) is 11.8 Å². The summed E-state index contributed by atoms with van der Waals surface area (Å²) < 4.78 is 3.02. The fourth-order valence-electron chi connectivity index (χ4n) is 2.76. The zero-order valence-electron chi connectivity index (χ0n) is 16.5. The van der Waals surface area contributed by atoms with E-state index in [9.17, 15) is 9.59 Å². The standard InChI is InChI=1S/C21H22IN5O2S/c1-2-27-18(13-23-19(28)12-15-6-4-3-5-7-15)25-26-21(27)30-14-20(29)24-17-10-8-16(22)9-11-17/h3-11H,2,12-14H2,1H3,(H,23,28)(H,24,29). The average Bonchev–Trinajstić information content (AvgIpc) is 3.15. The molecule has 0 atom stereocenters. The number of carbonyl (C=O) groups is 2. The molecule has 0 aliphatic heterocycles. The van der Waals surface area contributed by atoms with Crippen molar-refractivity contribution >= 4 is 51.9 Å². The van der Waals surface area contributed by atoms with Crippen LogP contribution in [-0.2, 0) is 29.1 Å². The molecule has 156 valence electrons. The summed E-state index contributed by atoms with van der Waals surface area (Å²) in [6.07, 6.45) is 0.321. The Balaban J connectivity index is 1.51. The second-order valence-corrected chi connectivity index (χ2v) is 8.61. The highest BCUT2D eigenvalue weighted by Gasteiger charge is 2.14. The number of aromatic nitrogens is 3. The van der Waals surface area contributed by atoms with Crippen LogP contribution in [0.3, 0.4) is 0 Å². The molecule has 0 fully saturated rings. The number of thioether (sulfide) groups is 1. The van der Waals surface area contributed by atoms with Crippen molar-refractivity contribution in [2.45, 2.75) is 31.6 Å². The van der Waals surface area contributed by atoms with Gasteiger partial charge in [-0.15, -0.1) is 10.2 Å². The third-order valence-corrected chi connectivity index (χ3v) is 5.91. The topological polar surface area (TPSA) is 88.9 Å². The molecule has 30 heavy (non-hydrogen) atoms. The van der Waals surface area contributed by atoms with Crippen molar-refractivity contribution in [3.63, 3.8) is 0 Å². The zero-order chi connectivity index (χ0) is 21.3. The lowest BCUT2D eigenvalue weighted by molar-refractivity contribution is -0.120. The lowest BCUT2D eigenvalue weighted by Crippen LogP contribution is -2.26. The summed E-state index contributed by atoms with van der Waals surface area (Å²) in [5.41, 5.74) is 1.72. The van der Waals surface area contributed by atoms with E-state index < -0.39 is 0 Å². The summed E-state index contributed by atoms with van der Waals surface area (Å²) in [6, 6.07) is 17.2. The Kier molecular flexibility index (Phi) is 8.26. The fraction of sp³-hybridized carbons (Fsp3) is 0.238. The SMILES string of the molecule is CCn1c(CNC(=O)Cc2ccccc2)nnc1SCC(=O)Nc1ccc(I)cc1. The van der Waals surface area contributed by atoms with Crippen molar-refractivity contribution in [1.82, 2.24) is 20.1 Å². The molecule has 2 amide bonds. The second-order valence-electron chi connectivity index (χ2n) is 6.43. The number of halogens is 1. The van der Waals surface area contributed by atoms with E-state index in [1.54, 1.807) is 0 Å². The van der Waals surface area contributed by atoms with E-state index in [0.717, 1.165) is 14.8 Å². The molecule has 0 aliphatic carbocycles. The van der Waals surface area contributed by atoms with Crippen LogP contribution in [0.5, 0.6) is 0 Å². The van der Waals surface area contributed by atoms with Crippen LogP contribution in [0.1, 0.15) is 18.3 Å². The number of nitrogens with one attached hydrogen (secondary N) is 2. The number of carbonyl (C=O) groups excluding carboxylic acids is 2. The van der Waals surface area contributed by atoms with Crippen LogP contribution >= 0.6 is 34.4 Å². The number of nitrogens with zero attached hydrogens (tertiary/aromatic N) is 3. The summed E-state index contributed by atoms with van der Waals surface area (Å²) in [6.45, 7) is 2.92. The van der Waals surface area contributed by atoms with Gasteiger partial charge in [-0.05, 0) is 59.3 Å². The van der Waals surface area contributed by atoms with E-state index in [1.807, 2.05) is 66.1 Å². The summed E-state index contributed by atoms with van der Waals surface area (Å²) in [5, 5.41) is 14.8. The largest absolute Gasteiger partial charge is 0.349 e. The van der Waals surface area contributed by atoms with E-state index in [4.69, 9.17) is 0 Å². The number of anilines is 1. The summed E-state index contributed by atoms with van der Waals surface area (Å²) in [5.74, 6) is 0.715. The molecule has 0 radical (unpaired) electrons. The maximum absolute atomic E-state index is 12.2. The first-order valence-corrected chi connectivity index (χ1v) is 11.5. The van der Waals surface area contributed by atoms with Gasteiger partial charge < -0.3 is 15.2 Å². The van der Waals surface area contributed by atoms with Gasteiger partial charge in [0.15, 0.2) is 11.0 Å². The Bertz CT molecular complexity index is 992. The third-order valence-electron chi connectivity index (χ3n) is 4.22. The molecular weight excluding hydrogens is 513 g/mol. The van der Waals surface area contributed by atoms with Crippen molar-refractivity contribution in [2.24, 2.45) is 0 Å². The smallest absolute Gasteiger partial charge is 0.234 e. The predicted octanol–water partition coefficient (Wildman–Crippen LogP) is 3.49. The van der Waals surface area contributed by atoms with Crippen molar-refractivity contribution in [1.29, 1.82) is 0 Å². The quantitative estimate of drug-likeness (QED) is 0.324. The molecule has 2 aromatic carbocycles. The molecular formula is C21H22IN5O2S. The second kappa shape index (κ2) is 11.1. The van der Waals surface area contributed by atoms with Gasteiger partial charge in [0, 0.05) is 15.8 Å². The van der Waals surface area contributed by atoms with E-state index in [-0.39, 0.29) is 17.6 Å². The molecule has 0 bridgehead atoms. The van der Waals surface area contributed by atoms with Crippen molar-refractivity contribution < 1.29 is 9.59 Å². The van der Waals surface area contributed by atoms with Crippen LogP contribution in [0.4, 0.5) is 5.69 Å². The van der Waals surface area contributed by atoms with Crippen LogP contribution in [0, 0.1) is 3.57 Å². The van der Waals surface area contributed by atoms with Gasteiger partial charge >= 0.3 is 0 Å². The Morgan fingerprint density at radius 1 is 1.03 bits per heavy atom. The lowest BCUT2D eigenvalue weighted by atomic mass is 10.1. The van der Waals surface area contributed by atoms with Gasteiger partial charge in [-0.1, -0.05) is 42.1 Å². The Hall–Kier alpha value is -2.40. The summed E-state index contributed by atoms with van der Waals surface area (Å²) in [7, 11) is 0. The highest BCUT2D eigenvalue weighted by molar-refractivity contribution is 14.1. The number of hydrogen-bond donors (Lipinski definition) is 2. The number of amides is 2. The fourth-order valence-corrected chi connectivity index (χ4v) is 3.94. The molecule has 0 spiro atoms. The van der Waals surface area contributed by atoms with Gasteiger partial charge in [0.1, 0.15) is 0 Å². The number of rotatable bonds is 9. The highest BCUT2D eigenvalue weighted by Crippen LogP contribution is 2.18. The normalized spacial score (nSPS) is 10.6. The molecule has 0 saturated carbocycles. The predicted molar refractivity (Wildman–Crippen MR) is 126 cm³/mol. The first-order chi connectivity index (χ1) is 14.5.